The van der Waals surface area contributed by atoms with E-state index >= 15 is 0 Å². The molecule has 2 fully saturated rings. The third-order valence-corrected chi connectivity index (χ3v) is 3.06. The number of rotatable bonds is 2. The first-order valence-corrected chi connectivity index (χ1v) is 4.71. The van der Waals surface area contributed by atoms with Crippen LogP contribution in [0.1, 0.15) is 13.3 Å². The maximum atomic E-state index is 11.5. The van der Waals surface area contributed by atoms with E-state index in [1.807, 2.05) is 0 Å². The van der Waals surface area contributed by atoms with Gasteiger partial charge in [0.25, 0.3) is 0 Å². The van der Waals surface area contributed by atoms with Crippen LogP contribution in [0.15, 0.2) is 0 Å². The molecule has 0 radical (unpaired) electrons. The Balaban J connectivity index is 2.23. The largest absolute Gasteiger partial charge is 0.479 e. The van der Waals surface area contributed by atoms with E-state index in [9.17, 15) is 19.5 Å². The lowest BCUT2D eigenvalue weighted by Gasteiger charge is -2.44. The smallest absolute Gasteiger partial charge is 0.334 e. The van der Waals surface area contributed by atoms with Crippen molar-refractivity contribution in [3.05, 3.63) is 0 Å². The molecule has 2 aliphatic rings. The molecular formula is C9H11NO5. The average molecular weight is 213 g/mol. The lowest BCUT2D eigenvalue weighted by atomic mass is 9.84. The van der Waals surface area contributed by atoms with Crippen molar-refractivity contribution in [1.29, 1.82) is 0 Å². The van der Waals surface area contributed by atoms with Crippen LogP contribution >= 0.6 is 0 Å². The Morgan fingerprint density at radius 2 is 2.13 bits per heavy atom. The summed E-state index contributed by atoms with van der Waals surface area (Å²) in [5.74, 6) is -2.80. The highest BCUT2D eigenvalue weighted by Gasteiger charge is 2.60. The summed E-state index contributed by atoms with van der Waals surface area (Å²) in [6, 6.07) is -1.76. The number of β-lactam (4-membered cyclic amide) rings is 1. The molecule has 2 rings (SSSR count). The number of fused-ring (bicyclic) bond motifs is 1. The van der Waals surface area contributed by atoms with Gasteiger partial charge in [-0.15, -0.1) is 0 Å². The summed E-state index contributed by atoms with van der Waals surface area (Å²) >= 11 is 0. The first kappa shape index (κ1) is 10.1. The van der Waals surface area contributed by atoms with Gasteiger partial charge >= 0.3 is 5.97 Å². The van der Waals surface area contributed by atoms with Crippen LogP contribution in [0.2, 0.25) is 0 Å². The van der Waals surface area contributed by atoms with Gasteiger partial charge < -0.3 is 15.1 Å². The molecule has 15 heavy (non-hydrogen) atoms. The lowest BCUT2D eigenvalue weighted by molar-refractivity contribution is -0.170. The number of carboxylic acids is 1. The van der Waals surface area contributed by atoms with Crippen molar-refractivity contribution < 1.29 is 24.6 Å². The van der Waals surface area contributed by atoms with Gasteiger partial charge in [0.2, 0.25) is 5.91 Å². The van der Waals surface area contributed by atoms with Crippen LogP contribution < -0.4 is 0 Å². The Kier molecular flexibility index (Phi) is 2.04. The third kappa shape index (κ3) is 1.18. The summed E-state index contributed by atoms with van der Waals surface area (Å²) in [5.41, 5.74) is 0. The maximum absolute atomic E-state index is 11.5. The predicted molar refractivity (Wildman–Crippen MR) is 46.9 cm³/mol. The number of carbonyl (C=O) groups excluding carboxylic acids is 2. The summed E-state index contributed by atoms with van der Waals surface area (Å²) in [5, 5.41) is 18.1. The minimum atomic E-state index is -1.34. The first-order valence-electron chi connectivity index (χ1n) is 4.71. The maximum Gasteiger partial charge on any atom is 0.334 e. The Morgan fingerprint density at radius 1 is 1.53 bits per heavy atom. The van der Waals surface area contributed by atoms with Crippen LogP contribution in [-0.4, -0.2) is 51.0 Å². The molecule has 4 atom stereocenters. The number of aliphatic hydroxyl groups excluding tert-OH is 1. The highest BCUT2D eigenvalue weighted by atomic mass is 16.4. The molecule has 0 bridgehead atoms. The second-order valence-corrected chi connectivity index (χ2v) is 3.99. The van der Waals surface area contributed by atoms with Gasteiger partial charge in [0.1, 0.15) is 0 Å². The van der Waals surface area contributed by atoms with Gasteiger partial charge in [0.05, 0.1) is 18.1 Å². The van der Waals surface area contributed by atoms with E-state index in [2.05, 4.69) is 0 Å². The zero-order valence-electron chi connectivity index (χ0n) is 8.08. The normalized spacial score (nSPS) is 36.1. The van der Waals surface area contributed by atoms with Crippen LogP contribution in [0.4, 0.5) is 0 Å². The van der Waals surface area contributed by atoms with Crippen molar-refractivity contribution >= 4 is 17.7 Å². The van der Waals surface area contributed by atoms with E-state index in [1.165, 1.54) is 6.92 Å². The van der Waals surface area contributed by atoms with Gasteiger partial charge in [-0.1, -0.05) is 0 Å². The lowest BCUT2D eigenvalue weighted by Crippen LogP contribution is -2.64. The fourth-order valence-electron chi connectivity index (χ4n) is 2.39. The number of nitrogens with zero attached hydrogens (tertiary/aromatic N) is 1. The number of aliphatic carboxylic acids is 1. The molecule has 0 saturated carbocycles. The highest BCUT2D eigenvalue weighted by Crippen LogP contribution is 2.39. The molecule has 82 valence electrons. The second kappa shape index (κ2) is 3.03. The minimum Gasteiger partial charge on any atom is -0.479 e. The molecule has 2 N–H and O–H groups in total. The molecule has 0 aromatic heterocycles. The number of aliphatic hydroxyl groups is 1. The van der Waals surface area contributed by atoms with Gasteiger partial charge in [0.15, 0.2) is 11.8 Å². The molecule has 0 aromatic carbocycles. The van der Waals surface area contributed by atoms with Crippen LogP contribution in [0.25, 0.3) is 0 Å². The summed E-state index contributed by atoms with van der Waals surface area (Å²) in [6.45, 7) is 1.47. The number of ketones is 1. The van der Waals surface area contributed by atoms with E-state index in [4.69, 9.17) is 5.11 Å². The molecule has 0 aliphatic carbocycles. The van der Waals surface area contributed by atoms with Gasteiger partial charge in [-0.3, -0.25) is 9.59 Å². The Morgan fingerprint density at radius 3 is 2.60 bits per heavy atom. The molecule has 0 aromatic rings. The van der Waals surface area contributed by atoms with Crippen LogP contribution in [0.5, 0.6) is 0 Å². The van der Waals surface area contributed by atoms with E-state index in [-0.39, 0.29) is 6.42 Å². The van der Waals surface area contributed by atoms with Crippen molar-refractivity contribution in [3.63, 3.8) is 0 Å². The van der Waals surface area contributed by atoms with Crippen LogP contribution in [-0.2, 0) is 14.4 Å². The highest BCUT2D eigenvalue weighted by molar-refractivity contribution is 6.10. The fraction of sp³-hybridized carbons (Fsp3) is 0.667. The van der Waals surface area contributed by atoms with Gasteiger partial charge in [0, 0.05) is 6.42 Å². The zero-order chi connectivity index (χ0) is 11.3. The standard InChI is InChI=1S/C9H11NO5/c1-3(11)6-4-2-5(12)7(9(14)15)10(4)8(6)13/h3-4,6-7,11H,2H2,1H3,(H,14,15)/t3?,4-,6-,7?/m1/s1. The summed E-state index contributed by atoms with van der Waals surface area (Å²) in [4.78, 5) is 34.6. The Labute approximate surface area is 85.5 Å². The van der Waals surface area contributed by atoms with Crippen molar-refractivity contribution in [2.45, 2.75) is 31.5 Å². The van der Waals surface area contributed by atoms with Crippen molar-refractivity contribution in [3.8, 4) is 0 Å². The Bertz CT molecular complexity index is 350. The SMILES string of the molecule is CC(O)[C@H]1C(=O)N2C(C(=O)O)C(=O)C[C@H]12. The summed E-state index contributed by atoms with van der Waals surface area (Å²) < 4.78 is 0. The van der Waals surface area contributed by atoms with E-state index in [1.54, 1.807) is 0 Å². The number of amides is 1. The summed E-state index contributed by atoms with van der Waals surface area (Å²) in [6.07, 6.45) is -0.794. The predicted octanol–water partition coefficient (Wildman–Crippen LogP) is -1.38. The molecule has 2 heterocycles. The first-order chi connectivity index (χ1) is 6.95. The van der Waals surface area contributed by atoms with E-state index in [0.717, 1.165) is 4.90 Å². The zero-order valence-corrected chi connectivity index (χ0v) is 8.08. The second-order valence-electron chi connectivity index (χ2n) is 3.99. The molecule has 6 heteroatoms. The molecule has 2 unspecified atom stereocenters. The molecule has 1 amide bonds. The number of Topliss-reactive ketones (excluding diaryl/α,β-unsaturated/α-hetero) is 1. The minimum absolute atomic E-state index is 0.0400. The van der Waals surface area contributed by atoms with E-state index in [0.29, 0.717) is 0 Å². The van der Waals surface area contributed by atoms with Crippen LogP contribution in [0.3, 0.4) is 0 Å². The van der Waals surface area contributed by atoms with Gasteiger partial charge in [-0.25, -0.2) is 4.79 Å². The molecule has 2 aliphatic heterocycles. The fourth-order valence-corrected chi connectivity index (χ4v) is 2.39. The molecule has 2 saturated heterocycles. The Hall–Kier alpha value is -1.43. The molecule has 6 nitrogen and oxygen atoms in total. The topological polar surface area (TPSA) is 94.9 Å². The number of hydrogen-bond acceptors (Lipinski definition) is 4. The third-order valence-electron chi connectivity index (χ3n) is 3.06. The number of hydrogen-bond donors (Lipinski definition) is 2. The quantitative estimate of drug-likeness (QED) is 0.435. The van der Waals surface area contributed by atoms with Crippen molar-refractivity contribution in [2.75, 3.05) is 0 Å². The van der Waals surface area contributed by atoms with E-state index < -0.39 is 41.8 Å². The van der Waals surface area contributed by atoms with Gasteiger partial charge in [-0.05, 0) is 6.92 Å². The number of carbonyl (C=O) groups is 3. The number of carboxylic acid groups (broad SMARTS) is 1. The monoisotopic (exact) mass is 213 g/mol. The average Bonchev–Trinajstić information content (AvgIpc) is 2.38. The van der Waals surface area contributed by atoms with Gasteiger partial charge in [-0.2, -0.15) is 0 Å². The molecule has 0 spiro atoms. The van der Waals surface area contributed by atoms with Crippen LogP contribution in [0, 0.1) is 5.92 Å². The summed E-state index contributed by atoms with van der Waals surface area (Å²) in [7, 11) is 0. The van der Waals surface area contributed by atoms with Crippen molar-refractivity contribution in [1.82, 2.24) is 4.90 Å². The molecular weight excluding hydrogens is 202 g/mol. The van der Waals surface area contributed by atoms with Crippen molar-refractivity contribution in [2.24, 2.45) is 5.92 Å².